The van der Waals surface area contributed by atoms with Crippen LogP contribution in [0.15, 0.2) is 71.6 Å². The molecule has 3 heterocycles. The van der Waals surface area contributed by atoms with Crippen LogP contribution in [-0.4, -0.2) is 32.9 Å². The van der Waals surface area contributed by atoms with Crippen LogP contribution in [0.25, 0.3) is 17.4 Å². The molecule has 0 saturated carbocycles. The van der Waals surface area contributed by atoms with Crippen molar-refractivity contribution in [1.82, 2.24) is 19.7 Å². The minimum absolute atomic E-state index is 0.304. The van der Waals surface area contributed by atoms with Crippen molar-refractivity contribution in [3.8, 4) is 23.2 Å². The summed E-state index contributed by atoms with van der Waals surface area (Å²) in [4.78, 5) is 21.2. The lowest BCUT2D eigenvalue weighted by molar-refractivity contribution is 0.262. The molecule has 2 amide bonds. The van der Waals surface area contributed by atoms with Crippen molar-refractivity contribution < 1.29 is 13.9 Å². The standard InChI is InChI=1S/C19H16N6O3/c1-27-14-7-5-13(6-8-14)21-19(26)23-16-12-17(25-10-3-9-20-25)24-18(22-16)15-4-2-11-28-15/h2-12H,1H3,(H2,21,22,23,24,26). The molecule has 0 atom stereocenters. The largest absolute Gasteiger partial charge is 0.497 e. The van der Waals surface area contributed by atoms with Crippen LogP contribution < -0.4 is 15.4 Å². The highest BCUT2D eigenvalue weighted by atomic mass is 16.5. The fourth-order valence-electron chi connectivity index (χ4n) is 2.49. The van der Waals surface area contributed by atoms with Gasteiger partial charge in [-0.3, -0.25) is 5.32 Å². The smallest absolute Gasteiger partial charge is 0.324 e. The third kappa shape index (κ3) is 3.83. The second kappa shape index (κ2) is 7.62. The Kier molecular flexibility index (Phi) is 4.70. The van der Waals surface area contributed by atoms with Gasteiger partial charge in [0.25, 0.3) is 0 Å². The molecule has 9 nitrogen and oxygen atoms in total. The van der Waals surface area contributed by atoms with Crippen LogP contribution in [0.3, 0.4) is 0 Å². The Morgan fingerprint density at radius 1 is 1.11 bits per heavy atom. The van der Waals surface area contributed by atoms with E-state index in [1.54, 1.807) is 72.7 Å². The average Bonchev–Trinajstić information content (AvgIpc) is 3.42. The Hall–Kier alpha value is -4.14. The Labute approximate surface area is 160 Å². The molecular formula is C19H16N6O3. The number of urea groups is 1. The van der Waals surface area contributed by atoms with E-state index < -0.39 is 6.03 Å². The number of methoxy groups -OCH3 is 1. The summed E-state index contributed by atoms with van der Waals surface area (Å²) in [5.41, 5.74) is 0.617. The number of aromatic nitrogens is 4. The monoisotopic (exact) mass is 376 g/mol. The van der Waals surface area contributed by atoms with E-state index in [4.69, 9.17) is 9.15 Å². The van der Waals surface area contributed by atoms with Crippen LogP contribution >= 0.6 is 0 Å². The van der Waals surface area contributed by atoms with Crippen LogP contribution in [0.4, 0.5) is 16.3 Å². The summed E-state index contributed by atoms with van der Waals surface area (Å²) in [6.45, 7) is 0. The molecule has 0 saturated heterocycles. The molecule has 4 aromatic rings. The van der Waals surface area contributed by atoms with Gasteiger partial charge in [0.05, 0.1) is 13.4 Å². The van der Waals surface area contributed by atoms with Gasteiger partial charge in [-0.15, -0.1) is 0 Å². The zero-order chi connectivity index (χ0) is 19.3. The van der Waals surface area contributed by atoms with Crippen LogP contribution in [0.2, 0.25) is 0 Å². The average molecular weight is 376 g/mol. The van der Waals surface area contributed by atoms with Crippen molar-refractivity contribution in [2.45, 2.75) is 0 Å². The van der Waals surface area contributed by atoms with Gasteiger partial charge in [0.1, 0.15) is 11.6 Å². The number of carbonyl (C=O) groups excluding carboxylic acids is 1. The molecule has 9 heteroatoms. The maximum absolute atomic E-state index is 12.4. The molecule has 0 fully saturated rings. The van der Waals surface area contributed by atoms with Crippen LogP contribution in [0, 0.1) is 0 Å². The number of rotatable bonds is 5. The van der Waals surface area contributed by atoms with E-state index >= 15 is 0 Å². The highest BCUT2D eigenvalue weighted by molar-refractivity contribution is 5.99. The minimum Gasteiger partial charge on any atom is -0.497 e. The molecule has 0 unspecified atom stereocenters. The van der Waals surface area contributed by atoms with E-state index in [-0.39, 0.29) is 0 Å². The molecular weight excluding hydrogens is 360 g/mol. The summed E-state index contributed by atoms with van der Waals surface area (Å²) in [5, 5.41) is 9.62. The van der Waals surface area contributed by atoms with Crippen LogP contribution in [0.1, 0.15) is 0 Å². The molecule has 0 radical (unpaired) electrons. The van der Waals surface area contributed by atoms with Gasteiger partial charge in [-0.25, -0.2) is 19.4 Å². The predicted molar refractivity (Wildman–Crippen MR) is 102 cm³/mol. The Morgan fingerprint density at radius 3 is 2.64 bits per heavy atom. The minimum atomic E-state index is -0.444. The first-order chi connectivity index (χ1) is 13.7. The predicted octanol–water partition coefficient (Wildman–Crippen LogP) is 3.57. The number of hydrogen-bond donors (Lipinski definition) is 2. The second-order valence-corrected chi connectivity index (χ2v) is 5.67. The van der Waals surface area contributed by atoms with Gasteiger partial charge in [-0.2, -0.15) is 5.10 Å². The molecule has 0 spiro atoms. The lowest BCUT2D eigenvalue weighted by Gasteiger charge is -2.10. The number of anilines is 2. The summed E-state index contributed by atoms with van der Waals surface area (Å²) >= 11 is 0. The molecule has 1 aromatic carbocycles. The van der Waals surface area contributed by atoms with Crippen LogP contribution in [0.5, 0.6) is 5.75 Å². The first kappa shape index (κ1) is 17.3. The number of nitrogens with one attached hydrogen (secondary N) is 2. The Bertz CT molecular complexity index is 1010. The summed E-state index contributed by atoms with van der Waals surface area (Å²) in [6.07, 6.45) is 4.91. The van der Waals surface area contributed by atoms with Gasteiger partial charge >= 0.3 is 6.03 Å². The summed E-state index contributed by atoms with van der Waals surface area (Å²) in [6, 6.07) is 13.4. The SMILES string of the molecule is COc1ccc(NC(=O)Nc2cc(-n3cccn3)nc(-c3ccco3)n2)cc1. The van der Waals surface area contributed by atoms with Crippen molar-refractivity contribution in [2.75, 3.05) is 17.7 Å². The molecule has 140 valence electrons. The van der Waals surface area contributed by atoms with Crippen molar-refractivity contribution in [3.63, 3.8) is 0 Å². The molecule has 4 rings (SSSR count). The molecule has 3 aromatic heterocycles. The lowest BCUT2D eigenvalue weighted by atomic mass is 10.3. The highest BCUT2D eigenvalue weighted by Crippen LogP contribution is 2.20. The molecule has 2 N–H and O–H groups in total. The van der Waals surface area contributed by atoms with E-state index in [0.717, 1.165) is 0 Å². The normalized spacial score (nSPS) is 10.5. The molecule has 0 aliphatic heterocycles. The number of furan rings is 1. The molecule has 0 aliphatic carbocycles. The number of carbonyl (C=O) groups is 1. The van der Waals surface area contributed by atoms with Crippen molar-refractivity contribution in [3.05, 3.63) is 67.2 Å². The quantitative estimate of drug-likeness (QED) is 0.551. The fourth-order valence-corrected chi connectivity index (χ4v) is 2.49. The number of ether oxygens (including phenoxy) is 1. The van der Waals surface area contributed by atoms with Gasteiger partial charge in [0.15, 0.2) is 17.4 Å². The summed E-state index contributed by atoms with van der Waals surface area (Å²) in [5.74, 6) is 2.31. The van der Waals surface area contributed by atoms with E-state index in [2.05, 4.69) is 25.7 Å². The van der Waals surface area contributed by atoms with Crippen molar-refractivity contribution in [1.29, 1.82) is 0 Å². The Balaban J connectivity index is 1.58. The molecule has 0 bridgehead atoms. The lowest BCUT2D eigenvalue weighted by Crippen LogP contribution is -2.20. The summed E-state index contributed by atoms with van der Waals surface area (Å²) < 4.78 is 12.0. The van der Waals surface area contributed by atoms with Gasteiger partial charge in [0, 0.05) is 24.1 Å². The first-order valence-corrected chi connectivity index (χ1v) is 8.36. The zero-order valence-corrected chi connectivity index (χ0v) is 14.9. The van der Waals surface area contributed by atoms with E-state index in [1.807, 2.05) is 0 Å². The number of benzene rings is 1. The van der Waals surface area contributed by atoms with E-state index in [0.29, 0.717) is 34.7 Å². The third-order valence-corrected chi connectivity index (χ3v) is 3.78. The first-order valence-electron chi connectivity index (χ1n) is 8.36. The van der Waals surface area contributed by atoms with E-state index in [1.165, 1.54) is 6.26 Å². The van der Waals surface area contributed by atoms with Crippen molar-refractivity contribution in [2.24, 2.45) is 0 Å². The highest BCUT2D eigenvalue weighted by Gasteiger charge is 2.13. The molecule has 0 aliphatic rings. The van der Waals surface area contributed by atoms with Gasteiger partial charge in [-0.05, 0) is 42.5 Å². The van der Waals surface area contributed by atoms with Gasteiger partial charge in [-0.1, -0.05) is 0 Å². The van der Waals surface area contributed by atoms with E-state index in [9.17, 15) is 4.79 Å². The second-order valence-electron chi connectivity index (χ2n) is 5.67. The van der Waals surface area contributed by atoms with Crippen LogP contribution in [-0.2, 0) is 0 Å². The fraction of sp³-hybridized carbons (Fsp3) is 0.0526. The van der Waals surface area contributed by atoms with Gasteiger partial charge < -0.3 is 14.5 Å². The number of nitrogens with zero attached hydrogens (tertiary/aromatic N) is 4. The topological polar surface area (TPSA) is 107 Å². The maximum Gasteiger partial charge on any atom is 0.324 e. The Morgan fingerprint density at radius 2 is 1.96 bits per heavy atom. The molecule has 28 heavy (non-hydrogen) atoms. The summed E-state index contributed by atoms with van der Waals surface area (Å²) in [7, 11) is 1.58. The third-order valence-electron chi connectivity index (χ3n) is 3.78. The maximum atomic E-state index is 12.4. The number of hydrogen-bond acceptors (Lipinski definition) is 6. The van der Waals surface area contributed by atoms with Gasteiger partial charge in [0.2, 0.25) is 0 Å². The zero-order valence-electron chi connectivity index (χ0n) is 14.9. The van der Waals surface area contributed by atoms with Crippen molar-refractivity contribution >= 4 is 17.5 Å². The number of amides is 2.